The Bertz CT molecular complexity index is 1270. The van der Waals surface area contributed by atoms with Crippen molar-refractivity contribution in [3.63, 3.8) is 0 Å². The highest BCUT2D eigenvalue weighted by atomic mass is 19.4. The molecule has 2 N–H and O–H groups in total. The van der Waals surface area contributed by atoms with Crippen LogP contribution in [0.2, 0.25) is 0 Å². The quantitative estimate of drug-likeness (QED) is 0.431. The van der Waals surface area contributed by atoms with Crippen LogP contribution >= 0.6 is 0 Å². The van der Waals surface area contributed by atoms with Crippen LogP contribution in [-0.4, -0.2) is 21.8 Å². The second-order valence-electron chi connectivity index (χ2n) is 6.84. The lowest BCUT2D eigenvalue weighted by atomic mass is 10.1. The number of anilines is 2. The number of furan rings is 1. The number of rotatable bonds is 5. The maximum atomic E-state index is 13.6. The van der Waals surface area contributed by atoms with Crippen LogP contribution < -0.4 is 10.6 Å². The summed E-state index contributed by atoms with van der Waals surface area (Å²) >= 11 is 0. The predicted octanol–water partition coefficient (Wildman–Crippen LogP) is 5.26. The zero-order valence-electron chi connectivity index (χ0n) is 16.8. The molecule has 4 rings (SSSR count). The Hall–Kier alpha value is -4.47. The predicted molar refractivity (Wildman–Crippen MR) is 114 cm³/mol. The van der Waals surface area contributed by atoms with Crippen LogP contribution in [0.15, 0.2) is 83.9 Å². The van der Waals surface area contributed by atoms with Gasteiger partial charge < -0.3 is 15.1 Å². The van der Waals surface area contributed by atoms with Crippen LogP contribution in [0.5, 0.6) is 0 Å². The molecule has 0 unspecified atom stereocenters. The summed E-state index contributed by atoms with van der Waals surface area (Å²) < 4.78 is 45.7. The van der Waals surface area contributed by atoms with E-state index in [1.807, 2.05) is 6.07 Å². The zero-order valence-corrected chi connectivity index (χ0v) is 16.8. The number of carbonyl (C=O) groups is 2. The van der Waals surface area contributed by atoms with Gasteiger partial charge in [0, 0.05) is 23.6 Å². The van der Waals surface area contributed by atoms with Crippen molar-refractivity contribution < 1.29 is 27.2 Å². The molecule has 0 atom stereocenters. The number of nitrogens with zero attached hydrogens (tertiary/aromatic N) is 2. The third-order valence-corrected chi connectivity index (χ3v) is 4.56. The fourth-order valence-electron chi connectivity index (χ4n) is 2.94. The molecule has 2 amide bonds. The number of hydrogen-bond donors (Lipinski definition) is 2. The van der Waals surface area contributed by atoms with E-state index in [4.69, 9.17) is 4.42 Å². The van der Waals surface area contributed by atoms with Crippen molar-refractivity contribution >= 4 is 23.2 Å². The lowest BCUT2D eigenvalue weighted by Crippen LogP contribution is -2.18. The first-order valence-corrected chi connectivity index (χ1v) is 9.55. The van der Waals surface area contributed by atoms with E-state index in [1.165, 1.54) is 37.1 Å². The molecule has 0 spiro atoms. The Labute approximate surface area is 185 Å². The van der Waals surface area contributed by atoms with Gasteiger partial charge in [0.15, 0.2) is 5.82 Å². The van der Waals surface area contributed by atoms with Crippen molar-refractivity contribution in [3.8, 4) is 11.4 Å². The fraction of sp³-hybridized carbons (Fsp3) is 0.0435. The molecule has 10 heteroatoms. The molecule has 0 bridgehead atoms. The molecule has 7 nitrogen and oxygen atoms in total. The molecular weight excluding hydrogens is 437 g/mol. The first kappa shape index (κ1) is 21.8. The maximum Gasteiger partial charge on any atom is 0.418 e. The number of halogens is 3. The van der Waals surface area contributed by atoms with Crippen molar-refractivity contribution in [1.82, 2.24) is 9.97 Å². The third kappa shape index (κ3) is 5.06. The van der Waals surface area contributed by atoms with E-state index < -0.39 is 29.2 Å². The summed E-state index contributed by atoms with van der Waals surface area (Å²) in [5.41, 5.74) is -0.817. The van der Waals surface area contributed by atoms with Gasteiger partial charge in [-0.05, 0) is 24.3 Å². The highest BCUT2D eigenvalue weighted by Crippen LogP contribution is 2.37. The molecule has 2 aromatic carbocycles. The Kier molecular flexibility index (Phi) is 5.90. The van der Waals surface area contributed by atoms with Crippen molar-refractivity contribution in [2.45, 2.75) is 6.18 Å². The van der Waals surface area contributed by atoms with Crippen molar-refractivity contribution in [2.24, 2.45) is 0 Å². The lowest BCUT2D eigenvalue weighted by Gasteiger charge is -2.15. The Morgan fingerprint density at radius 2 is 1.55 bits per heavy atom. The van der Waals surface area contributed by atoms with E-state index in [0.29, 0.717) is 5.82 Å². The van der Waals surface area contributed by atoms with Gasteiger partial charge in [-0.1, -0.05) is 30.3 Å². The molecule has 2 aromatic heterocycles. The van der Waals surface area contributed by atoms with Crippen LogP contribution in [0.3, 0.4) is 0 Å². The molecule has 0 saturated heterocycles. The molecule has 0 aliphatic heterocycles. The number of benzene rings is 2. The molecule has 0 fully saturated rings. The lowest BCUT2D eigenvalue weighted by molar-refractivity contribution is -0.136. The van der Waals surface area contributed by atoms with E-state index >= 15 is 0 Å². The van der Waals surface area contributed by atoms with Gasteiger partial charge in [-0.3, -0.25) is 9.59 Å². The summed E-state index contributed by atoms with van der Waals surface area (Å²) in [6, 6.07) is 13.4. The van der Waals surface area contributed by atoms with Gasteiger partial charge in [0.25, 0.3) is 11.8 Å². The third-order valence-electron chi connectivity index (χ3n) is 4.56. The number of nitrogens with one attached hydrogen (secondary N) is 2. The second-order valence-corrected chi connectivity index (χ2v) is 6.84. The molecule has 0 saturated carbocycles. The highest BCUT2D eigenvalue weighted by Gasteiger charge is 2.34. The molecule has 0 radical (unpaired) electrons. The Morgan fingerprint density at radius 3 is 2.18 bits per heavy atom. The maximum absolute atomic E-state index is 13.6. The van der Waals surface area contributed by atoms with Crippen LogP contribution in [0.4, 0.5) is 24.5 Å². The highest BCUT2D eigenvalue weighted by molar-refractivity contribution is 6.06. The van der Waals surface area contributed by atoms with E-state index in [9.17, 15) is 22.8 Å². The largest absolute Gasteiger partial charge is 0.472 e. The van der Waals surface area contributed by atoms with E-state index in [2.05, 4.69) is 20.6 Å². The smallest absolute Gasteiger partial charge is 0.418 e. The summed E-state index contributed by atoms with van der Waals surface area (Å²) in [5.74, 6) is -1.07. The van der Waals surface area contributed by atoms with E-state index in [1.54, 1.807) is 24.3 Å². The van der Waals surface area contributed by atoms with E-state index in [-0.39, 0.29) is 16.8 Å². The minimum Gasteiger partial charge on any atom is -0.472 e. The Balaban J connectivity index is 1.54. The standard InChI is InChI=1S/C23H15F3N4O3/c24-23(25,26)18-10-17(29-21(31)15-8-9-33-13-15)6-7-19(18)30-22(32)16-11-27-20(28-12-16)14-4-2-1-3-5-14/h1-13H,(H,29,31)(H,30,32). The van der Waals surface area contributed by atoms with Gasteiger partial charge in [-0.15, -0.1) is 0 Å². The normalized spacial score (nSPS) is 11.1. The monoisotopic (exact) mass is 452 g/mol. The van der Waals surface area contributed by atoms with Gasteiger partial charge in [0.2, 0.25) is 0 Å². The minimum absolute atomic E-state index is 0.0138. The molecule has 4 aromatic rings. The SMILES string of the molecule is O=C(Nc1ccc(NC(=O)c2cnc(-c3ccccc3)nc2)c(C(F)(F)F)c1)c1ccoc1. The zero-order chi connectivity index (χ0) is 23.4. The average Bonchev–Trinajstić information content (AvgIpc) is 3.35. The first-order chi connectivity index (χ1) is 15.8. The molecule has 166 valence electrons. The van der Waals surface area contributed by atoms with Crippen LogP contribution in [0, 0.1) is 0 Å². The number of aromatic nitrogens is 2. The van der Waals surface area contributed by atoms with Gasteiger partial charge >= 0.3 is 6.18 Å². The number of alkyl halides is 3. The topological polar surface area (TPSA) is 97.1 Å². The summed E-state index contributed by atoms with van der Waals surface area (Å²) in [6.45, 7) is 0. The average molecular weight is 452 g/mol. The van der Waals surface area contributed by atoms with Crippen LogP contribution in [0.1, 0.15) is 26.3 Å². The van der Waals surface area contributed by atoms with Gasteiger partial charge in [-0.25, -0.2) is 9.97 Å². The molecule has 0 aliphatic rings. The number of amides is 2. The van der Waals surface area contributed by atoms with E-state index in [0.717, 1.165) is 17.7 Å². The first-order valence-electron chi connectivity index (χ1n) is 9.55. The minimum atomic E-state index is -4.79. The van der Waals surface area contributed by atoms with Crippen LogP contribution in [0.25, 0.3) is 11.4 Å². The summed E-state index contributed by atoms with van der Waals surface area (Å²) in [6.07, 6.45) is 0.117. The van der Waals surface area contributed by atoms with Crippen LogP contribution in [-0.2, 0) is 6.18 Å². The van der Waals surface area contributed by atoms with Gasteiger partial charge in [0.05, 0.1) is 28.6 Å². The number of hydrogen-bond acceptors (Lipinski definition) is 5. The Morgan fingerprint density at radius 1 is 0.848 bits per heavy atom. The molecule has 0 aliphatic carbocycles. The molecule has 33 heavy (non-hydrogen) atoms. The fourth-order valence-corrected chi connectivity index (χ4v) is 2.94. The van der Waals surface area contributed by atoms with Crippen molar-refractivity contribution in [1.29, 1.82) is 0 Å². The van der Waals surface area contributed by atoms with Gasteiger partial charge in [-0.2, -0.15) is 13.2 Å². The van der Waals surface area contributed by atoms with Crippen molar-refractivity contribution in [2.75, 3.05) is 10.6 Å². The van der Waals surface area contributed by atoms with Crippen molar-refractivity contribution in [3.05, 3.63) is 96.2 Å². The molecular formula is C23H15F3N4O3. The summed E-state index contributed by atoms with van der Waals surface area (Å²) in [4.78, 5) is 32.8. The summed E-state index contributed by atoms with van der Waals surface area (Å²) in [7, 11) is 0. The van der Waals surface area contributed by atoms with Gasteiger partial charge in [0.1, 0.15) is 6.26 Å². The number of carbonyl (C=O) groups excluding carboxylic acids is 2. The summed E-state index contributed by atoms with van der Waals surface area (Å²) in [5, 5.41) is 4.59. The molecule has 2 heterocycles. The second kappa shape index (κ2) is 8.95.